The summed E-state index contributed by atoms with van der Waals surface area (Å²) in [6.07, 6.45) is 5.18. The second kappa shape index (κ2) is 6.76. The molecule has 7 heteroatoms. The van der Waals surface area contributed by atoms with Crippen LogP contribution in [0.25, 0.3) is 0 Å². The third-order valence-electron chi connectivity index (χ3n) is 0.472. The Kier molecular flexibility index (Phi) is 7.48. The van der Waals surface area contributed by atoms with Gasteiger partial charge in [0.15, 0.2) is 0 Å². The van der Waals surface area contributed by atoms with Gasteiger partial charge in [0.1, 0.15) is 6.33 Å². The van der Waals surface area contributed by atoms with Gasteiger partial charge in [0.2, 0.25) is 0 Å². The minimum atomic E-state index is -1.19. The maximum atomic E-state index is 4.87. The van der Waals surface area contributed by atoms with E-state index in [0.29, 0.717) is 0 Å². The fourth-order valence-corrected chi connectivity index (χ4v) is 0.454. The van der Waals surface area contributed by atoms with Gasteiger partial charge in [0, 0.05) is 12.4 Å². The van der Waals surface area contributed by atoms with Crippen molar-refractivity contribution in [1.29, 1.82) is 0 Å². The van der Waals surface area contributed by atoms with Crippen LogP contribution in [0.3, 0.4) is 0 Å². The Bertz CT molecular complexity index is 154. The monoisotopic (exact) mass is 310 g/mol. The van der Waals surface area contributed by atoms with Crippen molar-refractivity contribution in [2.24, 2.45) is 0 Å². The van der Waals surface area contributed by atoms with E-state index < -0.39 is 10.9 Å². The first-order chi connectivity index (χ1) is 4.63. The predicted molar refractivity (Wildman–Crippen MR) is 44.1 cm³/mol. The normalized spacial score (nSPS) is 9.80. The Morgan fingerprint density at radius 3 is 2.00 bits per heavy atom. The molecule has 10 heavy (non-hydrogen) atoms. The molecule has 0 aromatic carbocycles. The quantitative estimate of drug-likeness (QED) is 0.720. The summed E-state index contributed by atoms with van der Waals surface area (Å²) in [5, 5.41) is 0. The third-order valence-corrected chi connectivity index (χ3v) is 0.892. The molecular formula is C3H3BrCl3CoN2. The Labute approximate surface area is 84.3 Å². The van der Waals surface area contributed by atoms with Gasteiger partial charge in [0.05, 0.1) is 16.1 Å². The van der Waals surface area contributed by atoms with E-state index in [2.05, 4.69) is 21.1 Å². The van der Waals surface area contributed by atoms with Gasteiger partial charge in [-0.1, -0.05) is 0 Å². The summed E-state index contributed by atoms with van der Waals surface area (Å²) < 4.78 is 1.70. The van der Waals surface area contributed by atoms with Crippen LogP contribution < -0.4 is 0 Å². The average molecular weight is 312 g/mol. The zero-order valence-electron chi connectivity index (χ0n) is 4.47. The molecule has 0 N–H and O–H groups in total. The first-order valence-corrected chi connectivity index (χ1v) is 6.92. The summed E-state index contributed by atoms with van der Waals surface area (Å²) in [5.74, 6) is 0. The Morgan fingerprint density at radius 2 is 1.90 bits per heavy atom. The minimum absolute atomic E-state index is 1.19. The average Bonchev–Trinajstić information content (AvgIpc) is 2.15. The van der Waals surface area contributed by atoms with E-state index in [9.17, 15) is 0 Å². The Hall–Kier alpha value is 1.07. The summed E-state index contributed by atoms with van der Waals surface area (Å²) in [4.78, 5) is 3.74. The van der Waals surface area contributed by atoms with Crippen molar-refractivity contribution >= 4 is 46.6 Å². The van der Waals surface area contributed by atoms with Crippen LogP contribution in [0, 0.1) is 0 Å². The number of hydrogen-bond acceptors (Lipinski definition) is 1. The standard InChI is InChI=1S/C3H3BrN2.3ClH.Co/c4-6-2-1-5-3-6;;;;/h1-3H;3*1H;/q;;;;+3/p-3. The van der Waals surface area contributed by atoms with Gasteiger partial charge in [-0.3, -0.25) is 3.59 Å². The van der Waals surface area contributed by atoms with Crippen LogP contribution in [0.1, 0.15) is 0 Å². The molecule has 1 aromatic heterocycles. The number of nitrogens with zero attached hydrogens (tertiary/aromatic N) is 2. The molecule has 0 unspecified atom stereocenters. The molecule has 0 atom stereocenters. The summed E-state index contributed by atoms with van der Waals surface area (Å²) in [7, 11) is 13.4. The van der Waals surface area contributed by atoms with Crippen LogP contribution in [-0.2, 0) is 10.9 Å². The van der Waals surface area contributed by atoms with Crippen LogP contribution in [0.2, 0.25) is 0 Å². The van der Waals surface area contributed by atoms with E-state index in [1.165, 1.54) is 0 Å². The van der Waals surface area contributed by atoms with Crippen molar-refractivity contribution in [1.82, 2.24) is 8.58 Å². The molecule has 0 aliphatic rings. The van der Waals surface area contributed by atoms with Crippen molar-refractivity contribution in [2.45, 2.75) is 0 Å². The molecule has 0 bridgehead atoms. The van der Waals surface area contributed by atoms with Crippen LogP contribution in [0.4, 0.5) is 0 Å². The van der Waals surface area contributed by atoms with Crippen molar-refractivity contribution in [3.63, 3.8) is 0 Å². The van der Waals surface area contributed by atoms with Gasteiger partial charge in [-0.2, -0.15) is 0 Å². The molecule has 0 saturated heterocycles. The third kappa shape index (κ3) is 9.07. The number of hydrogen-bond donors (Lipinski definition) is 0. The Morgan fingerprint density at radius 1 is 1.40 bits per heavy atom. The molecule has 0 radical (unpaired) electrons. The number of halogens is 4. The predicted octanol–water partition coefficient (Wildman–Crippen LogP) is 3.11. The van der Waals surface area contributed by atoms with E-state index in [-0.39, 0.29) is 0 Å². The molecule has 2 nitrogen and oxygen atoms in total. The second-order valence-electron chi connectivity index (χ2n) is 1.05. The van der Waals surface area contributed by atoms with Crippen LogP contribution >= 0.6 is 46.6 Å². The van der Waals surface area contributed by atoms with E-state index in [1.54, 1.807) is 22.3 Å². The van der Waals surface area contributed by atoms with Gasteiger partial charge < -0.3 is 0 Å². The van der Waals surface area contributed by atoms with Crippen molar-refractivity contribution in [3.8, 4) is 0 Å². The number of aromatic nitrogens is 2. The Balaban J connectivity index is 0.000000180. The van der Waals surface area contributed by atoms with Crippen molar-refractivity contribution in [3.05, 3.63) is 18.7 Å². The van der Waals surface area contributed by atoms with E-state index in [0.717, 1.165) is 0 Å². The number of imidazole rings is 1. The summed E-state index contributed by atoms with van der Waals surface area (Å²) in [6.45, 7) is 0. The van der Waals surface area contributed by atoms with E-state index >= 15 is 0 Å². The summed E-state index contributed by atoms with van der Waals surface area (Å²) in [6, 6.07) is 0. The first-order valence-electron chi connectivity index (χ1n) is 1.91. The van der Waals surface area contributed by atoms with E-state index in [1.807, 2.05) is 0 Å². The SMILES string of the molecule is Brn1ccnc1.[Cl][Co]([Cl])[Cl]. The fourth-order valence-electron chi connectivity index (χ4n) is 0.243. The van der Waals surface area contributed by atoms with E-state index in [4.69, 9.17) is 30.4 Å². The molecule has 0 saturated carbocycles. The summed E-state index contributed by atoms with van der Waals surface area (Å²) in [5.41, 5.74) is 0. The summed E-state index contributed by atoms with van der Waals surface area (Å²) >= 11 is 3.14. The van der Waals surface area contributed by atoms with Gasteiger partial charge in [-0.25, -0.2) is 4.98 Å². The topological polar surface area (TPSA) is 17.8 Å². The van der Waals surface area contributed by atoms with Crippen molar-refractivity contribution < 1.29 is 10.9 Å². The van der Waals surface area contributed by atoms with Crippen LogP contribution in [0.5, 0.6) is 0 Å². The first kappa shape index (κ1) is 11.1. The molecule has 0 aliphatic carbocycles. The molecule has 1 rings (SSSR count). The molecular weight excluding hydrogens is 309 g/mol. The molecule has 0 spiro atoms. The van der Waals surface area contributed by atoms with Crippen LogP contribution in [0.15, 0.2) is 18.7 Å². The molecule has 0 fully saturated rings. The second-order valence-corrected chi connectivity index (χ2v) is 7.03. The molecule has 0 amide bonds. The zero-order valence-corrected chi connectivity index (χ0v) is 9.37. The molecule has 62 valence electrons. The number of rotatable bonds is 0. The van der Waals surface area contributed by atoms with Gasteiger partial charge in [-0.15, -0.1) is 0 Å². The maximum absolute atomic E-state index is 4.87. The molecule has 1 aromatic rings. The van der Waals surface area contributed by atoms with Crippen LogP contribution in [-0.4, -0.2) is 8.58 Å². The van der Waals surface area contributed by atoms with Gasteiger partial charge in [-0.05, 0) is 0 Å². The van der Waals surface area contributed by atoms with Gasteiger partial charge in [0.25, 0.3) is 0 Å². The fraction of sp³-hybridized carbons (Fsp3) is 0. The zero-order chi connectivity index (χ0) is 7.98. The molecule has 0 aliphatic heterocycles. The van der Waals surface area contributed by atoms with Gasteiger partial charge >= 0.3 is 41.4 Å². The van der Waals surface area contributed by atoms with Crippen molar-refractivity contribution in [2.75, 3.05) is 0 Å². The molecule has 1 heterocycles.